The summed E-state index contributed by atoms with van der Waals surface area (Å²) in [7, 11) is 0. The monoisotopic (exact) mass is 290 g/mol. The summed E-state index contributed by atoms with van der Waals surface area (Å²) in [5.41, 5.74) is 0.786. The van der Waals surface area contributed by atoms with Gasteiger partial charge in [0.2, 0.25) is 5.78 Å². The number of ketones is 1. The lowest BCUT2D eigenvalue weighted by atomic mass is 9.94. The fourth-order valence-electron chi connectivity index (χ4n) is 2.21. The number of carbonyl (C=O) groups is 3. The van der Waals surface area contributed by atoms with Crippen LogP contribution < -0.4 is 15.4 Å². The summed E-state index contributed by atoms with van der Waals surface area (Å²) in [5.74, 6) is 0.920. The largest absolute Gasteiger partial charge is 0.417 e. The van der Waals surface area contributed by atoms with Gasteiger partial charge in [-0.3, -0.25) is 14.9 Å². The summed E-state index contributed by atoms with van der Waals surface area (Å²) in [4.78, 5) is 31.6. The summed E-state index contributed by atoms with van der Waals surface area (Å²) >= 11 is 0. The summed E-state index contributed by atoms with van der Waals surface area (Å²) in [6, 6.07) is 6.93. The van der Waals surface area contributed by atoms with Crippen molar-refractivity contribution in [1.29, 1.82) is 0 Å². The van der Waals surface area contributed by atoms with Crippen molar-refractivity contribution in [1.82, 2.24) is 5.32 Å². The van der Waals surface area contributed by atoms with E-state index in [1.165, 1.54) is 0 Å². The molecule has 21 heavy (non-hydrogen) atoms. The third kappa shape index (κ3) is 4.39. The number of amides is 1. The number of nitrogens with one attached hydrogen (secondary N) is 2. The van der Waals surface area contributed by atoms with Gasteiger partial charge in [-0.1, -0.05) is 13.0 Å². The zero-order valence-corrected chi connectivity index (χ0v) is 11.8. The molecule has 2 unspecified atom stereocenters. The highest BCUT2D eigenvalue weighted by atomic mass is 16.6. The Bertz CT molecular complexity index is 513. The van der Waals surface area contributed by atoms with Crippen LogP contribution in [0.5, 0.6) is 5.75 Å². The van der Waals surface area contributed by atoms with Gasteiger partial charge in [0.1, 0.15) is 5.75 Å². The molecular weight excluding hydrogens is 272 g/mol. The predicted molar refractivity (Wildman–Crippen MR) is 77.3 cm³/mol. The molecule has 112 valence electrons. The van der Waals surface area contributed by atoms with Crippen molar-refractivity contribution in [2.75, 3.05) is 11.9 Å². The summed E-state index contributed by atoms with van der Waals surface area (Å²) in [5, 5.41) is 5.56. The van der Waals surface area contributed by atoms with E-state index in [0.717, 1.165) is 25.1 Å². The lowest BCUT2D eigenvalue weighted by molar-refractivity contribution is -0.131. The van der Waals surface area contributed by atoms with E-state index in [1.54, 1.807) is 12.1 Å². The molecule has 6 heteroatoms. The molecule has 0 aromatic heterocycles. The number of hydrogen-bond donors (Lipinski definition) is 2. The van der Waals surface area contributed by atoms with Gasteiger partial charge in [0.25, 0.3) is 0 Å². The number of carbonyl (C=O) groups excluding carboxylic acids is 3. The smallest absolute Gasteiger partial charge is 0.410 e. The molecule has 2 heterocycles. The Balaban J connectivity index is 0.000000154. The van der Waals surface area contributed by atoms with Crippen molar-refractivity contribution in [2.24, 2.45) is 5.92 Å². The average Bonchev–Trinajstić information content (AvgIpc) is 2.47. The Labute approximate surface area is 122 Å². The van der Waals surface area contributed by atoms with E-state index in [2.05, 4.69) is 17.6 Å². The molecule has 1 saturated heterocycles. The topological polar surface area (TPSA) is 84.5 Å². The zero-order valence-electron chi connectivity index (χ0n) is 11.8. The molecule has 1 aromatic rings. The molecule has 3 rings (SSSR count). The maximum Gasteiger partial charge on any atom is 0.417 e. The third-order valence-electron chi connectivity index (χ3n) is 3.41. The molecular formula is C15H18N2O4. The summed E-state index contributed by atoms with van der Waals surface area (Å²) < 4.78 is 4.74. The van der Waals surface area contributed by atoms with Gasteiger partial charge in [-0.25, -0.2) is 4.79 Å². The molecule has 0 radical (unpaired) electrons. The summed E-state index contributed by atoms with van der Waals surface area (Å²) in [6.45, 7) is 2.98. The maximum atomic E-state index is 10.8. The average molecular weight is 290 g/mol. The second-order valence-electron chi connectivity index (χ2n) is 5.21. The fraction of sp³-hybridized carbons (Fsp3) is 0.400. The van der Waals surface area contributed by atoms with Crippen LogP contribution >= 0.6 is 0 Å². The highest BCUT2D eigenvalue weighted by Gasteiger charge is 2.22. The quantitative estimate of drug-likeness (QED) is 0.640. The first-order chi connectivity index (χ1) is 10.1. The Kier molecular flexibility index (Phi) is 5.05. The lowest BCUT2D eigenvalue weighted by Crippen LogP contribution is -2.43. The van der Waals surface area contributed by atoms with E-state index < -0.39 is 6.09 Å². The maximum absolute atomic E-state index is 10.8. The summed E-state index contributed by atoms with van der Waals surface area (Å²) in [6.07, 6.45) is 1.84. The Morgan fingerprint density at radius 3 is 2.81 bits per heavy atom. The number of hydrogen-bond acceptors (Lipinski definition) is 5. The lowest BCUT2D eigenvalue weighted by Gasteiger charge is -2.25. The molecule has 1 aromatic carbocycles. The second kappa shape index (κ2) is 6.99. The number of Topliss-reactive ketones (excluding diaryl/α,β-unsaturated/α-hetero) is 1. The fourth-order valence-corrected chi connectivity index (χ4v) is 2.21. The number of rotatable bonds is 2. The number of benzene rings is 1. The molecule has 2 aliphatic rings. The van der Waals surface area contributed by atoms with Gasteiger partial charge in [0.05, 0.1) is 6.04 Å². The van der Waals surface area contributed by atoms with E-state index in [1.807, 2.05) is 12.1 Å². The van der Waals surface area contributed by atoms with Gasteiger partial charge in [0.15, 0.2) is 6.29 Å². The molecule has 0 spiro atoms. The Morgan fingerprint density at radius 1 is 1.38 bits per heavy atom. The standard InChI is InChI=1S/C8H13NO2.C7H5NO2/c1-6-2-3-7(9-4-6)8(11)5-10;9-7-8-5-2-1-3-6(4-5)10-7/h5-7,9H,2-4H2,1H3;1-4H,(H,8,9). The highest BCUT2D eigenvalue weighted by molar-refractivity contribution is 6.27. The van der Waals surface area contributed by atoms with Gasteiger partial charge in [-0.15, -0.1) is 0 Å². The molecule has 2 aliphatic heterocycles. The van der Waals surface area contributed by atoms with Gasteiger partial charge in [-0.2, -0.15) is 0 Å². The first kappa shape index (κ1) is 15.2. The molecule has 6 nitrogen and oxygen atoms in total. The van der Waals surface area contributed by atoms with Crippen molar-refractivity contribution in [3.8, 4) is 5.75 Å². The van der Waals surface area contributed by atoms with Crippen LogP contribution in [-0.4, -0.2) is 30.7 Å². The van der Waals surface area contributed by atoms with E-state index in [-0.39, 0.29) is 11.8 Å². The minimum Gasteiger partial charge on any atom is -0.410 e. The van der Waals surface area contributed by atoms with Gasteiger partial charge >= 0.3 is 6.09 Å². The minimum atomic E-state index is -0.409. The van der Waals surface area contributed by atoms with Crippen molar-refractivity contribution in [3.05, 3.63) is 24.3 Å². The molecule has 0 aliphatic carbocycles. The van der Waals surface area contributed by atoms with Gasteiger partial charge in [0, 0.05) is 11.8 Å². The molecule has 1 fully saturated rings. The first-order valence-corrected chi connectivity index (χ1v) is 6.90. The van der Waals surface area contributed by atoms with Gasteiger partial charge < -0.3 is 10.1 Å². The van der Waals surface area contributed by atoms with Crippen LogP contribution in [0, 0.1) is 5.92 Å². The van der Waals surface area contributed by atoms with Crippen molar-refractivity contribution in [2.45, 2.75) is 25.8 Å². The first-order valence-electron chi connectivity index (χ1n) is 6.90. The highest BCUT2D eigenvalue weighted by Crippen LogP contribution is 2.21. The normalized spacial score (nSPS) is 23.0. The number of ether oxygens (including phenoxy) is 1. The molecule has 2 bridgehead atoms. The molecule has 1 amide bonds. The predicted octanol–water partition coefficient (Wildman–Crippen LogP) is 1.75. The Morgan fingerprint density at radius 2 is 2.19 bits per heavy atom. The third-order valence-corrected chi connectivity index (χ3v) is 3.41. The van der Waals surface area contributed by atoms with Crippen molar-refractivity contribution >= 4 is 23.9 Å². The second-order valence-corrected chi connectivity index (χ2v) is 5.21. The van der Waals surface area contributed by atoms with Crippen LogP contribution in [0.1, 0.15) is 19.8 Å². The van der Waals surface area contributed by atoms with Crippen LogP contribution in [0.3, 0.4) is 0 Å². The van der Waals surface area contributed by atoms with Crippen LogP contribution in [0.2, 0.25) is 0 Å². The number of piperidine rings is 1. The van der Waals surface area contributed by atoms with Crippen LogP contribution in [0.15, 0.2) is 24.3 Å². The Hall–Kier alpha value is -2.21. The van der Waals surface area contributed by atoms with E-state index >= 15 is 0 Å². The SMILES string of the molecule is CC1CCC(C(=O)C=O)NC1.O=C1Nc2cccc(c2)O1. The van der Waals surface area contributed by atoms with Crippen LogP contribution in [-0.2, 0) is 9.59 Å². The zero-order chi connectivity index (χ0) is 15.2. The number of aldehydes is 1. The molecule has 2 N–H and O–H groups in total. The van der Waals surface area contributed by atoms with E-state index in [0.29, 0.717) is 18.0 Å². The number of fused-ring (bicyclic) bond motifs is 2. The van der Waals surface area contributed by atoms with Crippen molar-refractivity contribution < 1.29 is 19.1 Å². The molecule has 2 atom stereocenters. The molecule has 0 saturated carbocycles. The van der Waals surface area contributed by atoms with Crippen molar-refractivity contribution in [3.63, 3.8) is 0 Å². The van der Waals surface area contributed by atoms with Crippen LogP contribution in [0.25, 0.3) is 0 Å². The van der Waals surface area contributed by atoms with Gasteiger partial charge in [-0.05, 0) is 37.4 Å². The minimum absolute atomic E-state index is 0.205. The van der Waals surface area contributed by atoms with E-state index in [9.17, 15) is 14.4 Å². The van der Waals surface area contributed by atoms with Crippen LogP contribution in [0.4, 0.5) is 10.5 Å². The van der Waals surface area contributed by atoms with E-state index in [4.69, 9.17) is 4.74 Å². The number of anilines is 1.